The summed E-state index contributed by atoms with van der Waals surface area (Å²) in [5.41, 5.74) is -0.668. The quantitative estimate of drug-likeness (QED) is 0.651. The molecule has 0 spiro atoms. The monoisotopic (exact) mass is 320 g/mol. The van der Waals surface area contributed by atoms with Crippen LogP contribution in [0.25, 0.3) is 0 Å². The number of carbonyl (C=O) groups is 3. The second-order valence-electron chi connectivity index (χ2n) is 5.55. The second-order valence-corrected chi connectivity index (χ2v) is 6.53. The van der Waals surface area contributed by atoms with E-state index in [1.807, 2.05) is 6.26 Å². The Morgan fingerprint density at radius 2 is 1.81 bits per heavy atom. The highest BCUT2D eigenvalue weighted by molar-refractivity contribution is 7.98. The highest BCUT2D eigenvalue weighted by Gasteiger charge is 2.26. The molecule has 2 atom stereocenters. The van der Waals surface area contributed by atoms with Crippen molar-refractivity contribution in [3.63, 3.8) is 0 Å². The summed E-state index contributed by atoms with van der Waals surface area (Å²) >= 11 is 1.52. The van der Waals surface area contributed by atoms with Gasteiger partial charge < -0.3 is 20.5 Å². The number of thioether (sulfide) groups is 1. The molecular weight excluding hydrogens is 296 g/mol. The number of rotatable bonds is 7. The van der Waals surface area contributed by atoms with Crippen molar-refractivity contribution in [3.05, 3.63) is 0 Å². The Labute approximate surface area is 129 Å². The van der Waals surface area contributed by atoms with Gasteiger partial charge in [0.1, 0.15) is 17.7 Å². The van der Waals surface area contributed by atoms with Gasteiger partial charge in [-0.3, -0.25) is 9.59 Å². The van der Waals surface area contributed by atoms with Gasteiger partial charge >= 0.3 is 12.1 Å². The molecule has 0 saturated carbocycles. The van der Waals surface area contributed by atoms with Gasteiger partial charge in [-0.1, -0.05) is 0 Å². The van der Waals surface area contributed by atoms with Gasteiger partial charge in [0.25, 0.3) is 0 Å². The lowest BCUT2D eigenvalue weighted by molar-refractivity contribution is -0.141. The normalized spacial score (nSPS) is 14.0. The Bertz CT molecular complexity index is 381. The van der Waals surface area contributed by atoms with Crippen LogP contribution < -0.4 is 10.6 Å². The van der Waals surface area contributed by atoms with Gasteiger partial charge in [-0.05, 0) is 46.1 Å². The molecule has 0 aromatic heterocycles. The highest BCUT2D eigenvalue weighted by atomic mass is 32.2. The van der Waals surface area contributed by atoms with Crippen LogP contribution in [0.15, 0.2) is 0 Å². The summed E-state index contributed by atoms with van der Waals surface area (Å²) in [6, 6.07) is -1.84. The first-order chi connectivity index (χ1) is 9.56. The van der Waals surface area contributed by atoms with E-state index in [0.29, 0.717) is 12.2 Å². The molecule has 0 unspecified atom stereocenters. The molecule has 3 N–H and O–H groups in total. The van der Waals surface area contributed by atoms with Gasteiger partial charge in [-0.15, -0.1) is 0 Å². The van der Waals surface area contributed by atoms with Gasteiger partial charge in [0, 0.05) is 0 Å². The maximum atomic E-state index is 12.0. The fourth-order valence-electron chi connectivity index (χ4n) is 1.33. The van der Waals surface area contributed by atoms with Gasteiger partial charge in [0.05, 0.1) is 0 Å². The molecule has 0 aromatic rings. The lowest BCUT2D eigenvalue weighted by Gasteiger charge is -2.23. The van der Waals surface area contributed by atoms with Crippen LogP contribution in [0.3, 0.4) is 0 Å². The van der Waals surface area contributed by atoms with Crippen LogP contribution in [0.4, 0.5) is 4.79 Å². The first-order valence-electron chi connectivity index (χ1n) is 6.58. The number of amides is 2. The third-order valence-corrected chi connectivity index (χ3v) is 2.99. The molecule has 122 valence electrons. The lowest BCUT2D eigenvalue weighted by Crippen LogP contribution is -2.51. The summed E-state index contributed by atoms with van der Waals surface area (Å²) in [5, 5.41) is 13.6. The zero-order valence-electron chi connectivity index (χ0n) is 13.1. The largest absolute Gasteiger partial charge is 0.480 e. The molecule has 8 heteroatoms. The third kappa shape index (κ3) is 9.17. The topological polar surface area (TPSA) is 105 Å². The summed E-state index contributed by atoms with van der Waals surface area (Å²) < 4.78 is 5.10. The van der Waals surface area contributed by atoms with Crippen molar-refractivity contribution in [2.24, 2.45) is 0 Å². The van der Waals surface area contributed by atoms with Crippen molar-refractivity contribution in [1.82, 2.24) is 10.6 Å². The number of nitrogens with one attached hydrogen (secondary N) is 2. The SMILES string of the molecule is CSCC[C@@H](NC(=O)OC(C)(C)C)C(=O)N[C@@H](C)C(=O)O. The number of alkyl carbamates (subject to hydrolysis) is 1. The summed E-state index contributed by atoms with van der Waals surface area (Å²) in [5.74, 6) is -1.02. The highest BCUT2D eigenvalue weighted by Crippen LogP contribution is 2.08. The molecule has 21 heavy (non-hydrogen) atoms. The van der Waals surface area contributed by atoms with Gasteiger partial charge in [-0.25, -0.2) is 4.79 Å². The number of carboxylic acid groups (broad SMARTS) is 1. The van der Waals surface area contributed by atoms with Crippen molar-refractivity contribution in [1.29, 1.82) is 0 Å². The fourth-order valence-corrected chi connectivity index (χ4v) is 1.80. The van der Waals surface area contributed by atoms with E-state index >= 15 is 0 Å². The zero-order chi connectivity index (χ0) is 16.6. The van der Waals surface area contributed by atoms with Crippen molar-refractivity contribution in [3.8, 4) is 0 Å². The van der Waals surface area contributed by atoms with E-state index in [0.717, 1.165) is 0 Å². The first-order valence-corrected chi connectivity index (χ1v) is 7.98. The van der Waals surface area contributed by atoms with Crippen LogP contribution in [-0.4, -0.2) is 52.8 Å². The molecular formula is C13H24N2O5S. The minimum absolute atomic E-state index is 0.387. The number of ether oxygens (including phenoxy) is 1. The third-order valence-electron chi connectivity index (χ3n) is 2.35. The Balaban J connectivity index is 4.67. The molecule has 0 bridgehead atoms. The van der Waals surface area contributed by atoms with Crippen molar-refractivity contribution < 1.29 is 24.2 Å². The average molecular weight is 320 g/mol. The lowest BCUT2D eigenvalue weighted by atomic mass is 10.2. The zero-order valence-corrected chi connectivity index (χ0v) is 13.9. The predicted octanol–water partition coefficient (Wildman–Crippen LogP) is 1.22. The minimum atomic E-state index is -1.13. The minimum Gasteiger partial charge on any atom is -0.480 e. The Morgan fingerprint density at radius 3 is 2.24 bits per heavy atom. The number of aliphatic carboxylic acids is 1. The van der Waals surface area contributed by atoms with Crippen LogP contribution in [-0.2, 0) is 14.3 Å². The molecule has 7 nitrogen and oxygen atoms in total. The van der Waals surface area contributed by atoms with Crippen molar-refractivity contribution >= 4 is 29.7 Å². The van der Waals surface area contributed by atoms with Crippen molar-refractivity contribution in [2.45, 2.75) is 51.8 Å². The summed E-state index contributed by atoms with van der Waals surface area (Å²) in [6.07, 6.45) is 1.56. The number of carbonyl (C=O) groups excluding carboxylic acids is 2. The molecule has 0 saturated heterocycles. The maximum absolute atomic E-state index is 12.0. The van der Waals surface area contributed by atoms with E-state index in [1.165, 1.54) is 18.7 Å². The van der Waals surface area contributed by atoms with E-state index in [4.69, 9.17) is 9.84 Å². The van der Waals surface area contributed by atoms with Crippen LogP contribution in [0.5, 0.6) is 0 Å². The number of hydrogen-bond donors (Lipinski definition) is 3. The number of hydrogen-bond acceptors (Lipinski definition) is 5. The van der Waals surface area contributed by atoms with E-state index in [1.54, 1.807) is 20.8 Å². The van der Waals surface area contributed by atoms with E-state index in [9.17, 15) is 14.4 Å². The van der Waals surface area contributed by atoms with Gasteiger partial charge in [0.2, 0.25) is 5.91 Å². The summed E-state index contributed by atoms with van der Waals surface area (Å²) in [6.45, 7) is 6.52. The second kappa shape index (κ2) is 8.76. The molecule has 2 amide bonds. The van der Waals surface area contributed by atoms with Crippen LogP contribution >= 0.6 is 11.8 Å². The van der Waals surface area contributed by atoms with Crippen LogP contribution in [0.2, 0.25) is 0 Å². The molecule has 0 fully saturated rings. The molecule has 0 aromatic carbocycles. The van der Waals surface area contributed by atoms with E-state index < -0.39 is 35.7 Å². The van der Waals surface area contributed by atoms with Crippen LogP contribution in [0.1, 0.15) is 34.1 Å². The molecule has 0 aliphatic rings. The van der Waals surface area contributed by atoms with Gasteiger partial charge in [0.15, 0.2) is 0 Å². The first kappa shape index (κ1) is 19.6. The standard InChI is InChI=1S/C13H24N2O5S/c1-8(11(17)18)14-10(16)9(6-7-21-5)15-12(19)20-13(2,3)4/h8-9H,6-7H2,1-5H3,(H,14,16)(H,15,19)(H,17,18)/t8-,9+/m0/s1. The van der Waals surface area contributed by atoms with Crippen LogP contribution in [0, 0.1) is 0 Å². The Hall–Kier alpha value is -1.44. The molecule has 0 aliphatic heterocycles. The molecule has 0 rings (SSSR count). The number of carboxylic acids is 1. The molecule has 0 heterocycles. The summed E-state index contributed by atoms with van der Waals surface area (Å²) in [7, 11) is 0. The molecule has 0 aliphatic carbocycles. The van der Waals surface area contributed by atoms with E-state index in [-0.39, 0.29) is 0 Å². The smallest absolute Gasteiger partial charge is 0.408 e. The van der Waals surface area contributed by atoms with Crippen molar-refractivity contribution in [2.75, 3.05) is 12.0 Å². The fraction of sp³-hybridized carbons (Fsp3) is 0.769. The Morgan fingerprint density at radius 1 is 1.24 bits per heavy atom. The Kier molecular flexibility index (Phi) is 8.16. The van der Waals surface area contributed by atoms with E-state index in [2.05, 4.69) is 10.6 Å². The van der Waals surface area contributed by atoms with Gasteiger partial charge in [-0.2, -0.15) is 11.8 Å². The summed E-state index contributed by atoms with van der Waals surface area (Å²) in [4.78, 5) is 34.5. The average Bonchev–Trinajstić information content (AvgIpc) is 2.31. The maximum Gasteiger partial charge on any atom is 0.408 e. The predicted molar refractivity (Wildman–Crippen MR) is 81.4 cm³/mol. The molecule has 0 radical (unpaired) electrons.